The second-order valence-corrected chi connectivity index (χ2v) is 6.11. The first-order valence-corrected chi connectivity index (χ1v) is 6.84. The summed E-state index contributed by atoms with van der Waals surface area (Å²) in [7, 11) is 4.17. The molecule has 18 heavy (non-hydrogen) atoms. The lowest BCUT2D eigenvalue weighted by atomic mass is 10.1. The standard InChI is InChI=1S/C12H19N3O2S/c1-7-5-15(6-9(7)14(3)4)12-13-8(2)10(18-12)11(16)17/h7,9H,5-6H2,1-4H3,(H,16,17). The molecule has 1 aromatic rings. The maximum atomic E-state index is 11.0. The Morgan fingerprint density at radius 2 is 2.17 bits per heavy atom. The average molecular weight is 269 g/mol. The van der Waals surface area contributed by atoms with Crippen LogP contribution in [-0.2, 0) is 0 Å². The summed E-state index contributed by atoms with van der Waals surface area (Å²) in [6.07, 6.45) is 0. The molecule has 1 fully saturated rings. The minimum atomic E-state index is -0.882. The molecular formula is C12H19N3O2S. The molecule has 0 radical (unpaired) electrons. The minimum Gasteiger partial charge on any atom is -0.477 e. The molecule has 0 aliphatic carbocycles. The van der Waals surface area contributed by atoms with Crippen LogP contribution < -0.4 is 4.90 Å². The summed E-state index contributed by atoms with van der Waals surface area (Å²) in [6.45, 7) is 5.84. The van der Waals surface area contributed by atoms with Crippen LogP contribution in [-0.4, -0.2) is 54.2 Å². The molecule has 1 aliphatic rings. The first-order valence-electron chi connectivity index (χ1n) is 6.02. The van der Waals surface area contributed by atoms with Gasteiger partial charge in [0.2, 0.25) is 0 Å². The summed E-state index contributed by atoms with van der Waals surface area (Å²) in [5.74, 6) is -0.315. The van der Waals surface area contributed by atoms with Crippen LogP contribution in [0.2, 0.25) is 0 Å². The predicted octanol–water partition coefficient (Wildman–Crippen LogP) is 1.54. The highest BCUT2D eigenvalue weighted by Crippen LogP contribution is 2.31. The zero-order valence-electron chi connectivity index (χ0n) is 11.2. The maximum Gasteiger partial charge on any atom is 0.347 e. The number of nitrogens with zero attached hydrogens (tertiary/aromatic N) is 3. The van der Waals surface area contributed by atoms with Crippen molar-refractivity contribution >= 4 is 22.4 Å². The summed E-state index contributed by atoms with van der Waals surface area (Å²) in [5.41, 5.74) is 0.614. The fourth-order valence-electron chi connectivity index (χ4n) is 2.49. The van der Waals surface area contributed by atoms with Crippen LogP contribution in [0.4, 0.5) is 5.13 Å². The van der Waals surface area contributed by atoms with Crippen molar-refractivity contribution in [2.75, 3.05) is 32.1 Å². The van der Waals surface area contributed by atoms with E-state index in [2.05, 4.69) is 35.8 Å². The van der Waals surface area contributed by atoms with E-state index in [1.807, 2.05) is 0 Å². The number of thiazole rings is 1. The fourth-order valence-corrected chi connectivity index (χ4v) is 3.42. The van der Waals surface area contributed by atoms with Crippen LogP contribution in [0.5, 0.6) is 0 Å². The second kappa shape index (κ2) is 4.85. The molecule has 2 heterocycles. The highest BCUT2D eigenvalue weighted by molar-refractivity contribution is 7.17. The molecule has 1 saturated heterocycles. The first kappa shape index (κ1) is 13.3. The summed E-state index contributed by atoms with van der Waals surface area (Å²) < 4.78 is 0. The molecule has 0 saturated carbocycles. The lowest BCUT2D eigenvalue weighted by molar-refractivity contribution is 0.0701. The Balaban J connectivity index is 2.19. The van der Waals surface area contributed by atoms with Gasteiger partial charge < -0.3 is 14.9 Å². The lowest BCUT2D eigenvalue weighted by Crippen LogP contribution is -2.34. The predicted molar refractivity (Wildman–Crippen MR) is 72.7 cm³/mol. The molecule has 2 atom stereocenters. The Hall–Kier alpha value is -1.14. The number of hydrogen-bond donors (Lipinski definition) is 1. The normalized spacial score (nSPS) is 23.9. The molecular weight excluding hydrogens is 250 g/mol. The summed E-state index contributed by atoms with van der Waals surface area (Å²) in [6, 6.07) is 0.502. The molecule has 0 bridgehead atoms. The zero-order chi connectivity index (χ0) is 13.4. The van der Waals surface area contributed by atoms with E-state index in [0.29, 0.717) is 22.5 Å². The molecule has 1 aliphatic heterocycles. The Morgan fingerprint density at radius 1 is 1.50 bits per heavy atom. The second-order valence-electron chi connectivity index (χ2n) is 5.13. The number of rotatable bonds is 3. The Labute approximate surface area is 111 Å². The van der Waals surface area contributed by atoms with Gasteiger partial charge >= 0.3 is 5.97 Å². The number of carboxylic acids is 1. The van der Waals surface area contributed by atoms with E-state index in [4.69, 9.17) is 5.11 Å². The van der Waals surface area contributed by atoms with E-state index >= 15 is 0 Å². The summed E-state index contributed by atoms with van der Waals surface area (Å²) in [5, 5.41) is 9.89. The quantitative estimate of drug-likeness (QED) is 0.902. The Morgan fingerprint density at radius 3 is 2.61 bits per heavy atom. The monoisotopic (exact) mass is 269 g/mol. The minimum absolute atomic E-state index is 0.353. The molecule has 2 unspecified atom stereocenters. The van der Waals surface area contributed by atoms with Crippen molar-refractivity contribution in [2.45, 2.75) is 19.9 Å². The number of carbonyl (C=O) groups is 1. The SMILES string of the molecule is Cc1nc(N2CC(C)C(N(C)C)C2)sc1C(=O)O. The smallest absolute Gasteiger partial charge is 0.347 e. The van der Waals surface area contributed by atoms with Crippen molar-refractivity contribution in [1.82, 2.24) is 9.88 Å². The van der Waals surface area contributed by atoms with E-state index in [1.54, 1.807) is 6.92 Å². The van der Waals surface area contributed by atoms with Gasteiger partial charge in [-0.15, -0.1) is 0 Å². The number of carboxylic acid groups (broad SMARTS) is 1. The van der Waals surface area contributed by atoms with Gasteiger partial charge in [0.05, 0.1) is 5.69 Å². The molecule has 2 rings (SSSR count). The van der Waals surface area contributed by atoms with Gasteiger partial charge in [0.15, 0.2) is 5.13 Å². The molecule has 0 amide bonds. The van der Waals surface area contributed by atoms with Gasteiger partial charge in [0, 0.05) is 19.1 Å². The highest BCUT2D eigenvalue weighted by Gasteiger charge is 2.33. The van der Waals surface area contributed by atoms with Crippen molar-refractivity contribution in [3.8, 4) is 0 Å². The highest BCUT2D eigenvalue weighted by atomic mass is 32.1. The van der Waals surface area contributed by atoms with Crippen LogP contribution in [0.15, 0.2) is 0 Å². The third-order valence-corrected chi connectivity index (χ3v) is 4.69. The number of aryl methyl sites for hydroxylation is 1. The summed E-state index contributed by atoms with van der Waals surface area (Å²) in [4.78, 5) is 20.2. The van der Waals surface area contributed by atoms with Gasteiger partial charge in [-0.05, 0) is 26.9 Å². The Kier molecular flexibility index (Phi) is 3.59. The van der Waals surface area contributed by atoms with Crippen LogP contribution in [0.1, 0.15) is 22.3 Å². The number of anilines is 1. The molecule has 1 aromatic heterocycles. The fraction of sp³-hybridized carbons (Fsp3) is 0.667. The largest absolute Gasteiger partial charge is 0.477 e. The summed E-state index contributed by atoms with van der Waals surface area (Å²) >= 11 is 1.28. The number of hydrogen-bond acceptors (Lipinski definition) is 5. The van der Waals surface area contributed by atoms with E-state index in [-0.39, 0.29) is 0 Å². The van der Waals surface area contributed by atoms with Crippen LogP contribution >= 0.6 is 11.3 Å². The van der Waals surface area contributed by atoms with E-state index in [1.165, 1.54) is 11.3 Å². The molecule has 6 heteroatoms. The van der Waals surface area contributed by atoms with E-state index in [0.717, 1.165) is 18.2 Å². The van der Waals surface area contributed by atoms with Gasteiger partial charge in [-0.1, -0.05) is 18.3 Å². The molecule has 100 valence electrons. The van der Waals surface area contributed by atoms with Gasteiger partial charge in [0.1, 0.15) is 4.88 Å². The van der Waals surface area contributed by atoms with Crippen LogP contribution in [0.3, 0.4) is 0 Å². The number of aromatic carboxylic acids is 1. The van der Waals surface area contributed by atoms with Crippen LogP contribution in [0.25, 0.3) is 0 Å². The molecule has 5 nitrogen and oxygen atoms in total. The Bertz CT molecular complexity index is 458. The van der Waals surface area contributed by atoms with Gasteiger partial charge in [-0.25, -0.2) is 9.78 Å². The topological polar surface area (TPSA) is 56.7 Å². The third kappa shape index (κ3) is 2.35. The third-order valence-electron chi connectivity index (χ3n) is 3.49. The van der Waals surface area contributed by atoms with Crippen molar-refractivity contribution in [1.29, 1.82) is 0 Å². The maximum absolute atomic E-state index is 11.0. The average Bonchev–Trinajstić information content (AvgIpc) is 2.81. The van der Waals surface area contributed by atoms with Crippen molar-refractivity contribution in [2.24, 2.45) is 5.92 Å². The van der Waals surface area contributed by atoms with E-state index in [9.17, 15) is 4.79 Å². The number of aromatic nitrogens is 1. The number of likely N-dealkylation sites (N-methyl/N-ethyl adjacent to an activating group) is 1. The van der Waals surface area contributed by atoms with Crippen LogP contribution in [0, 0.1) is 12.8 Å². The van der Waals surface area contributed by atoms with Crippen molar-refractivity contribution in [3.05, 3.63) is 10.6 Å². The molecule has 1 N–H and O–H groups in total. The van der Waals surface area contributed by atoms with E-state index < -0.39 is 5.97 Å². The van der Waals surface area contributed by atoms with Gasteiger partial charge in [-0.3, -0.25) is 0 Å². The van der Waals surface area contributed by atoms with Crippen molar-refractivity contribution < 1.29 is 9.90 Å². The molecule has 0 spiro atoms. The van der Waals surface area contributed by atoms with Crippen molar-refractivity contribution in [3.63, 3.8) is 0 Å². The first-order chi connectivity index (χ1) is 8.40. The molecule has 0 aromatic carbocycles. The van der Waals surface area contributed by atoms with Gasteiger partial charge in [-0.2, -0.15) is 0 Å². The zero-order valence-corrected chi connectivity index (χ0v) is 12.0. The van der Waals surface area contributed by atoms with Gasteiger partial charge in [0.25, 0.3) is 0 Å². The lowest BCUT2D eigenvalue weighted by Gasteiger charge is -2.22.